The Hall–Kier alpha value is -2.06. The van der Waals surface area contributed by atoms with Gasteiger partial charge < -0.3 is 14.8 Å². The van der Waals surface area contributed by atoms with Crippen molar-refractivity contribution in [1.29, 1.82) is 5.26 Å². The number of hydrogen-bond acceptors (Lipinski definition) is 4. The maximum atomic E-state index is 12.8. The average molecular weight is 344 g/mol. The molecule has 0 aromatic heterocycles. The second kappa shape index (κ2) is 8.87. The van der Waals surface area contributed by atoms with Crippen LogP contribution < -0.4 is 10.1 Å². The molecule has 0 heterocycles. The molecule has 0 unspecified atom stereocenters. The van der Waals surface area contributed by atoms with Crippen LogP contribution in [0.5, 0.6) is 5.75 Å². The van der Waals surface area contributed by atoms with Gasteiger partial charge in [0.2, 0.25) is 0 Å². The van der Waals surface area contributed by atoms with Crippen LogP contribution in [0.1, 0.15) is 64.9 Å². The van der Waals surface area contributed by atoms with Crippen LogP contribution in [0, 0.1) is 11.3 Å². The number of nitriles is 1. The molecule has 1 aliphatic rings. The third kappa shape index (κ3) is 4.73. The topological polar surface area (TPSA) is 71.3 Å². The number of benzene rings is 1. The summed E-state index contributed by atoms with van der Waals surface area (Å²) in [5.41, 5.74) is 0.155. The third-order valence-corrected chi connectivity index (χ3v) is 4.68. The van der Waals surface area contributed by atoms with Crippen LogP contribution in [-0.4, -0.2) is 24.2 Å². The van der Waals surface area contributed by atoms with Gasteiger partial charge in [0, 0.05) is 12.7 Å². The normalized spacial score (nSPS) is 16.9. The summed E-state index contributed by atoms with van der Waals surface area (Å²) in [6.45, 7) is 6.63. The van der Waals surface area contributed by atoms with E-state index < -0.39 is 5.60 Å². The molecular weight excluding hydrogens is 316 g/mol. The van der Waals surface area contributed by atoms with Crippen LogP contribution in [0.3, 0.4) is 0 Å². The Kier molecular flexibility index (Phi) is 6.83. The minimum absolute atomic E-state index is 0.0798. The molecule has 1 saturated carbocycles. The number of nitrogens with one attached hydrogen (secondary N) is 1. The first-order valence-electron chi connectivity index (χ1n) is 9.21. The van der Waals surface area contributed by atoms with Gasteiger partial charge in [-0.2, -0.15) is 5.26 Å². The van der Waals surface area contributed by atoms with Gasteiger partial charge in [0.25, 0.3) is 5.91 Å². The summed E-state index contributed by atoms with van der Waals surface area (Å²) in [7, 11) is 0. The first-order valence-corrected chi connectivity index (χ1v) is 9.21. The highest BCUT2D eigenvalue weighted by atomic mass is 16.5. The second-order valence-electron chi connectivity index (χ2n) is 6.66. The Morgan fingerprint density at radius 2 is 2.08 bits per heavy atom. The SMILES string of the molecule is CCCOC1(C(=O)Nc2ccc(O[C@@H](C)CC)cc2C#N)CCCC1. The van der Waals surface area contributed by atoms with Crippen LogP contribution in [-0.2, 0) is 9.53 Å². The maximum absolute atomic E-state index is 12.8. The van der Waals surface area contributed by atoms with Gasteiger partial charge in [0.15, 0.2) is 0 Å². The lowest BCUT2D eigenvalue weighted by atomic mass is 10.00. The van der Waals surface area contributed by atoms with Crippen LogP contribution in [0.4, 0.5) is 5.69 Å². The Labute approximate surface area is 150 Å². The van der Waals surface area contributed by atoms with Crippen molar-refractivity contribution in [2.24, 2.45) is 0 Å². The number of nitrogens with zero attached hydrogens (tertiary/aromatic N) is 1. The highest BCUT2D eigenvalue weighted by Crippen LogP contribution is 2.35. The molecule has 136 valence electrons. The molecular formula is C20H28N2O3. The summed E-state index contributed by atoms with van der Waals surface area (Å²) in [5, 5.41) is 12.3. The van der Waals surface area contributed by atoms with Crippen LogP contribution >= 0.6 is 0 Å². The molecule has 1 aliphatic carbocycles. The fraction of sp³-hybridized carbons (Fsp3) is 0.600. The molecule has 1 N–H and O–H groups in total. The standard InChI is InChI=1S/C20H28N2O3/c1-4-12-24-20(10-6-7-11-20)19(23)22-18-9-8-17(13-16(18)14-21)25-15(3)5-2/h8-9,13,15H,4-7,10-12H2,1-3H3,(H,22,23)/t15-/m0/s1. The van der Waals surface area contributed by atoms with E-state index in [1.54, 1.807) is 18.2 Å². The zero-order valence-electron chi connectivity index (χ0n) is 15.4. The largest absolute Gasteiger partial charge is 0.491 e. The maximum Gasteiger partial charge on any atom is 0.256 e. The second-order valence-corrected chi connectivity index (χ2v) is 6.66. The van der Waals surface area contributed by atoms with Gasteiger partial charge in [-0.15, -0.1) is 0 Å². The zero-order chi connectivity index (χ0) is 18.3. The molecule has 0 aliphatic heterocycles. The first-order chi connectivity index (χ1) is 12.0. The number of carbonyl (C=O) groups excluding carboxylic acids is 1. The minimum Gasteiger partial charge on any atom is -0.491 e. The van der Waals surface area contributed by atoms with E-state index >= 15 is 0 Å². The molecule has 1 atom stereocenters. The molecule has 0 bridgehead atoms. The van der Waals surface area contributed by atoms with Crippen LogP contribution in [0.2, 0.25) is 0 Å². The lowest BCUT2D eigenvalue weighted by molar-refractivity contribution is -0.140. The third-order valence-electron chi connectivity index (χ3n) is 4.68. The van der Waals surface area contributed by atoms with Crippen molar-refractivity contribution >= 4 is 11.6 Å². The Bertz CT molecular complexity index is 630. The zero-order valence-corrected chi connectivity index (χ0v) is 15.4. The number of amides is 1. The summed E-state index contributed by atoms with van der Waals surface area (Å²) in [6.07, 6.45) is 5.29. The number of rotatable bonds is 8. The van der Waals surface area contributed by atoms with E-state index in [1.165, 1.54) is 0 Å². The smallest absolute Gasteiger partial charge is 0.256 e. The quantitative estimate of drug-likeness (QED) is 0.758. The molecule has 0 spiro atoms. The lowest BCUT2D eigenvalue weighted by Crippen LogP contribution is -2.43. The molecule has 5 nitrogen and oxygen atoms in total. The van der Waals surface area contributed by atoms with Crippen molar-refractivity contribution in [2.45, 2.75) is 71.0 Å². The molecule has 25 heavy (non-hydrogen) atoms. The molecule has 0 radical (unpaired) electrons. The molecule has 2 rings (SSSR count). The number of anilines is 1. The highest BCUT2D eigenvalue weighted by molar-refractivity contribution is 5.98. The van der Waals surface area contributed by atoms with E-state index in [0.29, 0.717) is 23.6 Å². The van der Waals surface area contributed by atoms with Gasteiger partial charge in [0.1, 0.15) is 17.4 Å². The van der Waals surface area contributed by atoms with E-state index in [9.17, 15) is 10.1 Å². The highest BCUT2D eigenvalue weighted by Gasteiger charge is 2.42. The summed E-state index contributed by atoms with van der Waals surface area (Å²) in [4.78, 5) is 12.8. The van der Waals surface area contributed by atoms with Gasteiger partial charge in [-0.1, -0.05) is 13.8 Å². The Morgan fingerprint density at radius 3 is 2.68 bits per heavy atom. The van der Waals surface area contributed by atoms with E-state index in [2.05, 4.69) is 11.4 Å². The summed E-state index contributed by atoms with van der Waals surface area (Å²) >= 11 is 0. The summed E-state index contributed by atoms with van der Waals surface area (Å²) in [6, 6.07) is 7.34. The molecule has 1 fully saturated rings. The fourth-order valence-electron chi connectivity index (χ4n) is 3.03. The molecule has 5 heteroatoms. The van der Waals surface area contributed by atoms with Crippen LogP contribution in [0.15, 0.2) is 18.2 Å². The molecule has 1 aromatic rings. The first kappa shape index (κ1) is 19.3. The van der Waals surface area contributed by atoms with E-state index in [4.69, 9.17) is 9.47 Å². The number of ether oxygens (including phenoxy) is 2. The van der Waals surface area contributed by atoms with Gasteiger partial charge in [-0.25, -0.2) is 0 Å². The van der Waals surface area contributed by atoms with E-state index in [0.717, 1.165) is 38.5 Å². The summed E-state index contributed by atoms with van der Waals surface area (Å²) < 4.78 is 11.7. The van der Waals surface area contributed by atoms with Crippen molar-refractivity contribution < 1.29 is 14.3 Å². The fourth-order valence-corrected chi connectivity index (χ4v) is 3.03. The van der Waals surface area contributed by atoms with E-state index in [1.807, 2.05) is 20.8 Å². The average Bonchev–Trinajstić information content (AvgIpc) is 3.11. The number of carbonyl (C=O) groups is 1. The Balaban J connectivity index is 2.15. The van der Waals surface area contributed by atoms with Crippen molar-refractivity contribution in [2.75, 3.05) is 11.9 Å². The molecule has 0 saturated heterocycles. The van der Waals surface area contributed by atoms with Crippen LogP contribution in [0.25, 0.3) is 0 Å². The van der Waals surface area contributed by atoms with Gasteiger partial charge >= 0.3 is 0 Å². The lowest BCUT2D eigenvalue weighted by Gasteiger charge is -2.28. The van der Waals surface area contributed by atoms with Crippen molar-refractivity contribution in [3.8, 4) is 11.8 Å². The monoisotopic (exact) mass is 344 g/mol. The predicted molar refractivity (Wildman–Crippen MR) is 97.6 cm³/mol. The Morgan fingerprint density at radius 1 is 1.36 bits per heavy atom. The van der Waals surface area contributed by atoms with E-state index in [-0.39, 0.29) is 12.0 Å². The van der Waals surface area contributed by atoms with Gasteiger partial charge in [-0.05, 0) is 57.6 Å². The molecule has 1 aromatic carbocycles. The van der Waals surface area contributed by atoms with Crippen molar-refractivity contribution in [3.05, 3.63) is 23.8 Å². The minimum atomic E-state index is -0.755. The number of hydrogen-bond donors (Lipinski definition) is 1. The predicted octanol–water partition coefficient (Wildman–Crippen LogP) is 4.41. The summed E-state index contributed by atoms with van der Waals surface area (Å²) in [5.74, 6) is 0.493. The van der Waals surface area contributed by atoms with Gasteiger partial charge in [-0.3, -0.25) is 4.79 Å². The van der Waals surface area contributed by atoms with Crippen molar-refractivity contribution in [1.82, 2.24) is 0 Å². The van der Waals surface area contributed by atoms with Gasteiger partial charge in [0.05, 0.1) is 17.4 Å². The molecule has 1 amide bonds. The van der Waals surface area contributed by atoms with Crippen molar-refractivity contribution in [3.63, 3.8) is 0 Å².